The molecule has 72 valence electrons. The Morgan fingerprint density at radius 2 is 2.08 bits per heavy atom. The topological polar surface area (TPSA) is 9.23 Å². The second-order valence-electron chi connectivity index (χ2n) is 3.41. The number of hydrogen-bond acceptors (Lipinski definition) is 1. The number of alkyl halides is 1. The van der Waals surface area contributed by atoms with Crippen molar-refractivity contribution in [1.29, 1.82) is 0 Å². The van der Waals surface area contributed by atoms with Crippen LogP contribution in [0.2, 0.25) is 0 Å². The Hall–Kier alpha value is -0.500. The predicted molar refractivity (Wildman–Crippen MR) is 59.6 cm³/mol. The fourth-order valence-electron chi connectivity index (χ4n) is 1.18. The summed E-state index contributed by atoms with van der Waals surface area (Å²) in [7, 11) is 0. The van der Waals surface area contributed by atoms with Crippen LogP contribution in [0.5, 0.6) is 5.75 Å². The third-order valence-electron chi connectivity index (χ3n) is 1.72. The van der Waals surface area contributed by atoms with Crippen molar-refractivity contribution in [3.63, 3.8) is 0 Å². The predicted octanol–water partition coefficient (Wildman–Crippen LogP) is 3.68. The van der Waals surface area contributed by atoms with Gasteiger partial charge in [-0.25, -0.2) is 0 Å². The average molecular weight is 243 g/mol. The van der Waals surface area contributed by atoms with Gasteiger partial charge in [0, 0.05) is 10.9 Å². The first-order valence-corrected chi connectivity index (χ1v) is 5.57. The molecule has 0 amide bonds. The van der Waals surface area contributed by atoms with Gasteiger partial charge in [-0.2, -0.15) is 0 Å². The third-order valence-corrected chi connectivity index (χ3v) is 2.33. The van der Waals surface area contributed by atoms with Gasteiger partial charge in [0.15, 0.2) is 0 Å². The van der Waals surface area contributed by atoms with Crippen molar-refractivity contribution in [1.82, 2.24) is 0 Å². The second kappa shape index (κ2) is 4.66. The molecule has 0 aliphatic heterocycles. The molecule has 0 heterocycles. The molecule has 13 heavy (non-hydrogen) atoms. The Kier molecular flexibility index (Phi) is 3.79. The maximum Gasteiger partial charge on any atom is 0.123 e. The van der Waals surface area contributed by atoms with Crippen LogP contribution in [-0.4, -0.2) is 6.10 Å². The molecule has 0 bridgehead atoms. The average Bonchev–Trinajstić information content (AvgIpc) is 2.07. The summed E-state index contributed by atoms with van der Waals surface area (Å²) >= 11 is 3.45. The van der Waals surface area contributed by atoms with E-state index in [9.17, 15) is 0 Å². The highest BCUT2D eigenvalue weighted by Crippen LogP contribution is 2.23. The molecular formula is C11H15BrO. The maximum atomic E-state index is 5.66. The second-order valence-corrected chi connectivity index (χ2v) is 3.97. The molecule has 0 saturated heterocycles. The van der Waals surface area contributed by atoms with Crippen molar-refractivity contribution >= 4 is 15.9 Å². The van der Waals surface area contributed by atoms with Crippen molar-refractivity contribution in [3.05, 3.63) is 29.3 Å². The highest BCUT2D eigenvalue weighted by atomic mass is 79.9. The van der Waals surface area contributed by atoms with Gasteiger partial charge in [0.05, 0.1) is 6.10 Å². The smallest absolute Gasteiger partial charge is 0.123 e. The van der Waals surface area contributed by atoms with Crippen LogP contribution in [0.15, 0.2) is 18.2 Å². The van der Waals surface area contributed by atoms with E-state index in [0.717, 1.165) is 11.1 Å². The van der Waals surface area contributed by atoms with Gasteiger partial charge in [-0.3, -0.25) is 0 Å². The molecule has 0 unspecified atom stereocenters. The summed E-state index contributed by atoms with van der Waals surface area (Å²) in [6, 6.07) is 6.25. The quantitative estimate of drug-likeness (QED) is 0.736. The van der Waals surface area contributed by atoms with Crippen molar-refractivity contribution in [2.45, 2.75) is 32.2 Å². The Bertz CT molecular complexity index is 281. The lowest BCUT2D eigenvalue weighted by Crippen LogP contribution is -2.07. The van der Waals surface area contributed by atoms with E-state index in [1.807, 2.05) is 19.9 Å². The molecule has 0 N–H and O–H groups in total. The number of aryl methyl sites for hydroxylation is 1. The zero-order valence-corrected chi connectivity index (χ0v) is 9.89. The summed E-state index contributed by atoms with van der Waals surface area (Å²) in [5.41, 5.74) is 2.49. The number of hydrogen-bond donors (Lipinski definition) is 0. The van der Waals surface area contributed by atoms with Gasteiger partial charge in [0.2, 0.25) is 0 Å². The van der Waals surface area contributed by atoms with Gasteiger partial charge in [-0.05, 0) is 26.8 Å². The minimum absolute atomic E-state index is 0.237. The summed E-state index contributed by atoms with van der Waals surface area (Å²) in [6.07, 6.45) is 0.237. The van der Waals surface area contributed by atoms with Crippen LogP contribution >= 0.6 is 15.9 Å². The Balaban J connectivity index is 2.92. The molecule has 0 saturated carbocycles. The van der Waals surface area contributed by atoms with Crippen LogP contribution in [0.25, 0.3) is 0 Å². The lowest BCUT2D eigenvalue weighted by Gasteiger charge is -2.13. The maximum absolute atomic E-state index is 5.66. The molecule has 0 atom stereocenters. The van der Waals surface area contributed by atoms with Gasteiger partial charge in [-0.1, -0.05) is 33.6 Å². The van der Waals surface area contributed by atoms with E-state index >= 15 is 0 Å². The zero-order chi connectivity index (χ0) is 9.84. The first kappa shape index (κ1) is 10.6. The van der Waals surface area contributed by atoms with Crippen LogP contribution < -0.4 is 4.74 Å². The van der Waals surface area contributed by atoms with E-state index < -0.39 is 0 Å². The van der Waals surface area contributed by atoms with Gasteiger partial charge in [0.25, 0.3) is 0 Å². The first-order chi connectivity index (χ1) is 6.13. The fourth-order valence-corrected chi connectivity index (χ4v) is 1.62. The van der Waals surface area contributed by atoms with E-state index in [-0.39, 0.29) is 6.10 Å². The van der Waals surface area contributed by atoms with Crippen LogP contribution in [0.3, 0.4) is 0 Å². The SMILES string of the molecule is Cc1ccc(OC(C)C)c(CBr)c1. The van der Waals surface area contributed by atoms with Crippen molar-refractivity contribution in [2.75, 3.05) is 0 Å². The normalized spacial score (nSPS) is 10.5. The molecule has 0 aliphatic carbocycles. The minimum Gasteiger partial charge on any atom is -0.491 e. The van der Waals surface area contributed by atoms with Crippen LogP contribution in [0.4, 0.5) is 0 Å². The van der Waals surface area contributed by atoms with E-state index in [1.165, 1.54) is 11.1 Å². The Labute approximate surface area is 88.2 Å². The summed E-state index contributed by atoms with van der Waals surface area (Å²) in [6.45, 7) is 6.17. The third kappa shape index (κ3) is 3.03. The first-order valence-electron chi connectivity index (χ1n) is 4.45. The van der Waals surface area contributed by atoms with Crippen LogP contribution in [0.1, 0.15) is 25.0 Å². The van der Waals surface area contributed by atoms with Crippen molar-refractivity contribution < 1.29 is 4.74 Å². The van der Waals surface area contributed by atoms with E-state index in [2.05, 4.69) is 35.0 Å². The van der Waals surface area contributed by atoms with Gasteiger partial charge >= 0.3 is 0 Å². The molecule has 1 rings (SSSR count). The molecule has 0 aromatic heterocycles. The monoisotopic (exact) mass is 242 g/mol. The number of ether oxygens (including phenoxy) is 1. The standard InChI is InChI=1S/C11H15BrO/c1-8(2)13-11-5-4-9(3)6-10(11)7-12/h4-6,8H,7H2,1-3H3. The van der Waals surface area contributed by atoms with E-state index in [4.69, 9.17) is 4.74 Å². The molecule has 1 aromatic carbocycles. The summed E-state index contributed by atoms with van der Waals surface area (Å²) in [5.74, 6) is 0.984. The molecule has 0 fully saturated rings. The lowest BCUT2D eigenvalue weighted by molar-refractivity contribution is 0.240. The Morgan fingerprint density at radius 1 is 1.38 bits per heavy atom. The van der Waals surface area contributed by atoms with Gasteiger partial charge in [0.1, 0.15) is 5.75 Å². The van der Waals surface area contributed by atoms with E-state index in [0.29, 0.717) is 0 Å². The Morgan fingerprint density at radius 3 is 2.62 bits per heavy atom. The lowest BCUT2D eigenvalue weighted by atomic mass is 10.1. The molecule has 0 spiro atoms. The number of rotatable bonds is 3. The molecule has 1 nitrogen and oxygen atoms in total. The summed E-state index contributed by atoms with van der Waals surface area (Å²) < 4.78 is 5.66. The van der Waals surface area contributed by atoms with Gasteiger partial charge < -0.3 is 4.74 Å². The fraction of sp³-hybridized carbons (Fsp3) is 0.455. The molecule has 1 aromatic rings. The molecule has 2 heteroatoms. The largest absolute Gasteiger partial charge is 0.491 e. The summed E-state index contributed by atoms with van der Waals surface area (Å²) in [5, 5.41) is 0.844. The molecule has 0 radical (unpaired) electrons. The van der Waals surface area contributed by atoms with E-state index in [1.54, 1.807) is 0 Å². The minimum atomic E-state index is 0.237. The highest BCUT2D eigenvalue weighted by Gasteiger charge is 2.04. The number of halogens is 1. The molecule has 0 aliphatic rings. The van der Waals surface area contributed by atoms with Crippen molar-refractivity contribution in [3.8, 4) is 5.75 Å². The summed E-state index contributed by atoms with van der Waals surface area (Å²) in [4.78, 5) is 0. The number of benzene rings is 1. The van der Waals surface area contributed by atoms with Crippen molar-refractivity contribution in [2.24, 2.45) is 0 Å². The zero-order valence-electron chi connectivity index (χ0n) is 8.30. The van der Waals surface area contributed by atoms with Gasteiger partial charge in [-0.15, -0.1) is 0 Å². The van der Waals surface area contributed by atoms with Crippen LogP contribution in [-0.2, 0) is 5.33 Å². The highest BCUT2D eigenvalue weighted by molar-refractivity contribution is 9.08. The van der Waals surface area contributed by atoms with Crippen LogP contribution in [0, 0.1) is 6.92 Å². The molecular weight excluding hydrogens is 228 g/mol.